The molecule has 0 spiro atoms. The van der Waals surface area contributed by atoms with Crippen LogP contribution in [0.1, 0.15) is 10.5 Å². The minimum atomic E-state index is -0.300. The summed E-state index contributed by atoms with van der Waals surface area (Å²) in [5, 5.41) is 3.55. The van der Waals surface area contributed by atoms with Gasteiger partial charge in [-0.05, 0) is 18.2 Å². The minimum absolute atomic E-state index is 0.300. The van der Waals surface area contributed by atoms with Gasteiger partial charge in [-0.2, -0.15) is 0 Å². The number of amides is 1. The molecule has 3 rings (SSSR count). The molecule has 0 saturated carbocycles. The molecule has 0 atom stereocenters. The summed E-state index contributed by atoms with van der Waals surface area (Å²) in [6.07, 6.45) is 0. The number of carbonyl (C=O) groups is 1. The highest BCUT2D eigenvalue weighted by Gasteiger charge is 2.20. The molecule has 7 nitrogen and oxygen atoms in total. The normalized spacial score (nSPS) is 10.5. The fraction of sp³-hybridized carbons (Fsp3) is 0.211. The molecule has 7 heteroatoms. The SMILES string of the molecule is COc1ccccc1NC(=O)c1cc2c(OC)c(OC)c(OC)cc2[nH]1. The van der Waals surface area contributed by atoms with Crippen LogP contribution in [0.15, 0.2) is 36.4 Å². The van der Waals surface area contributed by atoms with Crippen LogP contribution in [0, 0.1) is 0 Å². The molecular weight excluding hydrogens is 336 g/mol. The molecule has 0 unspecified atom stereocenters. The number of aromatic nitrogens is 1. The molecule has 1 heterocycles. The summed E-state index contributed by atoms with van der Waals surface area (Å²) >= 11 is 0. The molecule has 3 aromatic rings. The van der Waals surface area contributed by atoms with Crippen molar-refractivity contribution in [3.63, 3.8) is 0 Å². The molecule has 0 aliphatic rings. The summed E-state index contributed by atoms with van der Waals surface area (Å²) in [4.78, 5) is 15.7. The molecule has 0 fully saturated rings. The van der Waals surface area contributed by atoms with E-state index in [4.69, 9.17) is 18.9 Å². The van der Waals surface area contributed by atoms with Crippen molar-refractivity contribution in [2.45, 2.75) is 0 Å². The lowest BCUT2D eigenvalue weighted by molar-refractivity contribution is 0.102. The van der Waals surface area contributed by atoms with Crippen LogP contribution in [0.25, 0.3) is 10.9 Å². The molecule has 0 saturated heterocycles. The van der Waals surface area contributed by atoms with Gasteiger partial charge in [-0.1, -0.05) is 12.1 Å². The molecule has 0 bridgehead atoms. The summed E-state index contributed by atoms with van der Waals surface area (Å²) in [6.45, 7) is 0. The van der Waals surface area contributed by atoms with E-state index in [-0.39, 0.29) is 5.91 Å². The van der Waals surface area contributed by atoms with Crippen LogP contribution in [0.4, 0.5) is 5.69 Å². The van der Waals surface area contributed by atoms with Gasteiger partial charge in [-0.15, -0.1) is 0 Å². The molecule has 26 heavy (non-hydrogen) atoms. The van der Waals surface area contributed by atoms with E-state index < -0.39 is 0 Å². The molecule has 2 aromatic carbocycles. The van der Waals surface area contributed by atoms with Gasteiger partial charge in [0.15, 0.2) is 11.5 Å². The smallest absolute Gasteiger partial charge is 0.272 e. The van der Waals surface area contributed by atoms with Gasteiger partial charge in [-0.25, -0.2) is 0 Å². The van der Waals surface area contributed by atoms with Crippen LogP contribution in [-0.4, -0.2) is 39.3 Å². The second-order valence-corrected chi connectivity index (χ2v) is 5.44. The number of aromatic amines is 1. The Morgan fingerprint density at radius 2 is 1.58 bits per heavy atom. The Kier molecular flexibility index (Phi) is 4.88. The van der Waals surface area contributed by atoms with Crippen molar-refractivity contribution in [1.82, 2.24) is 4.98 Å². The maximum Gasteiger partial charge on any atom is 0.272 e. The highest BCUT2D eigenvalue weighted by Crippen LogP contribution is 2.43. The summed E-state index contributed by atoms with van der Waals surface area (Å²) < 4.78 is 21.4. The van der Waals surface area contributed by atoms with Crippen molar-refractivity contribution in [3.05, 3.63) is 42.1 Å². The average molecular weight is 356 g/mol. The molecule has 0 radical (unpaired) electrons. The summed E-state index contributed by atoms with van der Waals surface area (Å²) in [5.74, 6) is 1.76. The Bertz CT molecular complexity index is 948. The van der Waals surface area contributed by atoms with Gasteiger partial charge >= 0.3 is 0 Å². The Labute approximate surface area is 150 Å². The molecule has 0 aliphatic carbocycles. The molecule has 136 valence electrons. The van der Waals surface area contributed by atoms with E-state index in [0.29, 0.717) is 39.9 Å². The number of anilines is 1. The predicted molar refractivity (Wildman–Crippen MR) is 98.9 cm³/mol. The molecule has 1 amide bonds. The second kappa shape index (κ2) is 7.26. The molecular formula is C19H20N2O5. The zero-order valence-electron chi connectivity index (χ0n) is 15.0. The van der Waals surface area contributed by atoms with Gasteiger partial charge in [0.2, 0.25) is 5.75 Å². The number of ether oxygens (including phenoxy) is 4. The monoisotopic (exact) mass is 356 g/mol. The zero-order chi connectivity index (χ0) is 18.7. The quantitative estimate of drug-likeness (QED) is 0.707. The van der Waals surface area contributed by atoms with E-state index in [1.807, 2.05) is 12.1 Å². The number of rotatable bonds is 6. The number of fused-ring (bicyclic) bond motifs is 1. The number of benzene rings is 2. The lowest BCUT2D eigenvalue weighted by Gasteiger charge is -2.12. The van der Waals surface area contributed by atoms with Gasteiger partial charge in [-0.3, -0.25) is 4.79 Å². The summed E-state index contributed by atoms with van der Waals surface area (Å²) in [7, 11) is 6.17. The number of para-hydroxylation sites is 2. The molecule has 1 aromatic heterocycles. The van der Waals surface area contributed by atoms with E-state index in [0.717, 1.165) is 5.39 Å². The standard InChI is InChI=1S/C19H20N2O5/c1-23-15-8-6-5-7-12(15)21-19(22)14-9-11-13(20-14)10-16(24-2)18(26-4)17(11)25-3/h5-10,20H,1-4H3,(H,21,22). The highest BCUT2D eigenvalue weighted by atomic mass is 16.5. The second-order valence-electron chi connectivity index (χ2n) is 5.44. The van der Waals surface area contributed by atoms with Gasteiger partial charge in [0.05, 0.1) is 39.6 Å². The first-order valence-electron chi connectivity index (χ1n) is 7.89. The fourth-order valence-corrected chi connectivity index (χ4v) is 2.81. The first-order valence-corrected chi connectivity index (χ1v) is 7.89. The van der Waals surface area contributed by atoms with Crippen molar-refractivity contribution < 1.29 is 23.7 Å². The number of hydrogen-bond donors (Lipinski definition) is 2. The first-order chi connectivity index (χ1) is 12.6. The number of nitrogens with one attached hydrogen (secondary N) is 2. The topological polar surface area (TPSA) is 81.8 Å². The van der Waals surface area contributed by atoms with E-state index in [9.17, 15) is 4.79 Å². The number of carbonyl (C=O) groups excluding carboxylic acids is 1. The maximum atomic E-state index is 12.7. The van der Waals surface area contributed by atoms with E-state index in [1.54, 1.807) is 38.5 Å². The van der Waals surface area contributed by atoms with Crippen molar-refractivity contribution >= 4 is 22.5 Å². The van der Waals surface area contributed by atoms with Crippen molar-refractivity contribution in [1.29, 1.82) is 0 Å². The number of hydrogen-bond acceptors (Lipinski definition) is 5. The maximum absolute atomic E-state index is 12.7. The van der Waals surface area contributed by atoms with E-state index in [2.05, 4.69) is 10.3 Å². The van der Waals surface area contributed by atoms with Crippen LogP contribution in [-0.2, 0) is 0 Å². The lowest BCUT2D eigenvalue weighted by Crippen LogP contribution is -2.12. The average Bonchev–Trinajstić information content (AvgIpc) is 3.10. The largest absolute Gasteiger partial charge is 0.495 e. The Hall–Kier alpha value is -3.35. The third kappa shape index (κ3) is 2.99. The minimum Gasteiger partial charge on any atom is -0.495 e. The van der Waals surface area contributed by atoms with Gasteiger partial charge in [0, 0.05) is 11.5 Å². The lowest BCUT2D eigenvalue weighted by atomic mass is 10.2. The summed E-state index contributed by atoms with van der Waals surface area (Å²) in [6, 6.07) is 10.7. The molecule has 2 N–H and O–H groups in total. The Morgan fingerprint density at radius 1 is 0.885 bits per heavy atom. The van der Waals surface area contributed by atoms with Crippen LogP contribution in [0.5, 0.6) is 23.0 Å². The van der Waals surface area contributed by atoms with Crippen molar-refractivity contribution in [3.8, 4) is 23.0 Å². The zero-order valence-corrected chi connectivity index (χ0v) is 15.0. The first kappa shape index (κ1) is 17.5. The number of methoxy groups -OCH3 is 4. The van der Waals surface area contributed by atoms with Crippen LogP contribution < -0.4 is 24.3 Å². The number of H-pyrrole nitrogens is 1. The van der Waals surface area contributed by atoms with E-state index >= 15 is 0 Å². The van der Waals surface area contributed by atoms with Gasteiger partial charge < -0.3 is 29.2 Å². The third-order valence-corrected chi connectivity index (χ3v) is 4.03. The Morgan fingerprint density at radius 3 is 2.23 bits per heavy atom. The predicted octanol–water partition coefficient (Wildman–Crippen LogP) is 3.45. The van der Waals surface area contributed by atoms with Gasteiger partial charge in [0.25, 0.3) is 5.91 Å². The van der Waals surface area contributed by atoms with Gasteiger partial charge in [0.1, 0.15) is 11.4 Å². The summed E-state index contributed by atoms with van der Waals surface area (Å²) in [5.41, 5.74) is 1.66. The van der Waals surface area contributed by atoms with Crippen LogP contribution in [0.3, 0.4) is 0 Å². The van der Waals surface area contributed by atoms with E-state index in [1.165, 1.54) is 14.2 Å². The molecule has 0 aliphatic heterocycles. The van der Waals surface area contributed by atoms with Crippen molar-refractivity contribution in [2.75, 3.05) is 33.8 Å². The highest BCUT2D eigenvalue weighted by molar-refractivity contribution is 6.07. The van der Waals surface area contributed by atoms with Crippen LogP contribution >= 0.6 is 0 Å². The van der Waals surface area contributed by atoms with Crippen molar-refractivity contribution in [2.24, 2.45) is 0 Å². The third-order valence-electron chi connectivity index (χ3n) is 4.03. The fourth-order valence-electron chi connectivity index (χ4n) is 2.81. The Balaban J connectivity index is 2.02. The van der Waals surface area contributed by atoms with Crippen LogP contribution in [0.2, 0.25) is 0 Å².